The molecule has 0 aliphatic carbocycles. The van der Waals surface area contributed by atoms with Crippen LogP contribution in [0.5, 0.6) is 0 Å². The minimum absolute atomic E-state index is 0.115. The Morgan fingerprint density at radius 3 is 2.07 bits per heavy atom. The molecule has 0 saturated heterocycles. The van der Waals surface area contributed by atoms with Crippen LogP contribution in [0.2, 0.25) is 0 Å². The normalized spacial score (nSPS) is 11.4. The Hall–Kier alpha value is -3.15. The fraction of sp³-hybridized carbons (Fsp3) is 0.286. The van der Waals surface area contributed by atoms with Gasteiger partial charge in [0.05, 0.1) is 6.42 Å². The lowest BCUT2D eigenvalue weighted by atomic mass is 10.0. The predicted octanol–water partition coefficient (Wildman–Crippen LogP) is 3.37. The first-order valence-corrected chi connectivity index (χ1v) is 8.68. The molecule has 0 fully saturated rings. The summed E-state index contributed by atoms with van der Waals surface area (Å²) in [5.41, 5.74) is 4.29. The molecule has 0 unspecified atom stereocenters. The first-order valence-electron chi connectivity index (χ1n) is 8.68. The zero-order chi connectivity index (χ0) is 20.0. The van der Waals surface area contributed by atoms with Gasteiger partial charge in [0.15, 0.2) is 6.10 Å². The number of nitrogens with one attached hydrogen (secondary N) is 2. The van der Waals surface area contributed by atoms with Gasteiger partial charge in [-0.1, -0.05) is 18.2 Å². The molecule has 0 saturated carbocycles. The van der Waals surface area contributed by atoms with Gasteiger partial charge in [-0.25, -0.2) is 0 Å². The average Bonchev–Trinajstić information content (AvgIpc) is 2.59. The lowest BCUT2D eigenvalue weighted by Gasteiger charge is -2.14. The average molecular weight is 368 g/mol. The van der Waals surface area contributed by atoms with Crippen LogP contribution < -0.4 is 10.6 Å². The number of benzene rings is 2. The molecule has 0 aliphatic heterocycles. The quantitative estimate of drug-likeness (QED) is 0.766. The first-order chi connectivity index (χ1) is 12.7. The maximum absolute atomic E-state index is 12.2. The molecular weight excluding hydrogens is 344 g/mol. The van der Waals surface area contributed by atoms with Crippen molar-refractivity contribution >= 4 is 29.2 Å². The predicted molar refractivity (Wildman–Crippen MR) is 105 cm³/mol. The van der Waals surface area contributed by atoms with Crippen molar-refractivity contribution in [2.24, 2.45) is 0 Å². The van der Waals surface area contributed by atoms with Crippen LogP contribution in [-0.4, -0.2) is 23.9 Å². The molecule has 0 aliphatic rings. The third kappa shape index (κ3) is 6.26. The van der Waals surface area contributed by atoms with Crippen molar-refractivity contribution in [1.82, 2.24) is 0 Å². The minimum Gasteiger partial charge on any atom is -0.452 e. The van der Waals surface area contributed by atoms with Gasteiger partial charge in [-0.05, 0) is 61.7 Å². The molecule has 2 rings (SSSR count). The van der Waals surface area contributed by atoms with Crippen molar-refractivity contribution in [3.05, 3.63) is 59.2 Å². The fourth-order valence-corrected chi connectivity index (χ4v) is 2.46. The van der Waals surface area contributed by atoms with E-state index in [9.17, 15) is 14.4 Å². The Labute approximate surface area is 158 Å². The Kier molecular flexibility index (Phi) is 6.71. The van der Waals surface area contributed by atoms with Crippen LogP contribution >= 0.6 is 0 Å². The molecule has 27 heavy (non-hydrogen) atoms. The molecule has 2 amide bonds. The number of rotatable bonds is 6. The molecule has 0 spiro atoms. The zero-order valence-electron chi connectivity index (χ0n) is 16.0. The maximum Gasteiger partial charge on any atom is 0.311 e. The van der Waals surface area contributed by atoms with E-state index >= 15 is 0 Å². The molecule has 0 heterocycles. The van der Waals surface area contributed by atoms with Crippen molar-refractivity contribution in [2.45, 2.75) is 40.2 Å². The van der Waals surface area contributed by atoms with Crippen LogP contribution in [-0.2, 0) is 25.5 Å². The number of anilines is 2. The fourth-order valence-electron chi connectivity index (χ4n) is 2.46. The van der Waals surface area contributed by atoms with Gasteiger partial charge >= 0.3 is 5.97 Å². The second kappa shape index (κ2) is 8.98. The summed E-state index contributed by atoms with van der Waals surface area (Å²) >= 11 is 0. The number of ether oxygens (including phenoxy) is 1. The molecule has 6 heteroatoms. The van der Waals surface area contributed by atoms with E-state index in [1.54, 1.807) is 24.3 Å². The second-order valence-corrected chi connectivity index (χ2v) is 6.48. The smallest absolute Gasteiger partial charge is 0.311 e. The Balaban J connectivity index is 1.87. The Bertz CT molecular complexity index is 844. The van der Waals surface area contributed by atoms with E-state index in [-0.39, 0.29) is 12.3 Å². The van der Waals surface area contributed by atoms with Crippen LogP contribution in [0, 0.1) is 13.8 Å². The molecule has 2 N–H and O–H groups in total. The van der Waals surface area contributed by atoms with Gasteiger partial charge in [-0.3, -0.25) is 14.4 Å². The number of esters is 1. The van der Waals surface area contributed by atoms with Crippen LogP contribution in [0.3, 0.4) is 0 Å². The molecular formula is C21H24N2O4. The van der Waals surface area contributed by atoms with Crippen LogP contribution in [0.4, 0.5) is 11.4 Å². The van der Waals surface area contributed by atoms with Crippen molar-refractivity contribution in [2.75, 3.05) is 10.6 Å². The summed E-state index contributed by atoms with van der Waals surface area (Å²) < 4.78 is 5.23. The summed E-state index contributed by atoms with van der Waals surface area (Å²) in [6.45, 7) is 6.94. The third-order valence-electron chi connectivity index (χ3n) is 4.07. The highest BCUT2D eigenvalue weighted by Gasteiger charge is 2.18. The molecule has 1 atom stereocenters. The standard InChI is InChI=1S/C21H24N2O4/c1-13-5-6-17(11-14(13)2)12-20(25)27-15(3)21(26)23-19-9-7-18(8-10-19)22-16(4)24/h5-11,15H,12H2,1-4H3,(H,22,24)(H,23,26)/t15-/m1/s1. The molecule has 0 bridgehead atoms. The van der Waals surface area contributed by atoms with Crippen molar-refractivity contribution in [3.8, 4) is 0 Å². The van der Waals surface area contributed by atoms with Gasteiger partial charge in [0.25, 0.3) is 5.91 Å². The van der Waals surface area contributed by atoms with E-state index in [1.807, 2.05) is 32.0 Å². The van der Waals surface area contributed by atoms with E-state index in [0.29, 0.717) is 11.4 Å². The number of carbonyl (C=O) groups excluding carboxylic acids is 3. The Morgan fingerprint density at radius 1 is 0.926 bits per heavy atom. The van der Waals surface area contributed by atoms with E-state index in [4.69, 9.17) is 4.74 Å². The van der Waals surface area contributed by atoms with Crippen molar-refractivity contribution < 1.29 is 19.1 Å². The maximum atomic E-state index is 12.2. The summed E-state index contributed by atoms with van der Waals surface area (Å²) in [7, 11) is 0. The topological polar surface area (TPSA) is 84.5 Å². The first kappa shape index (κ1) is 20.2. The zero-order valence-corrected chi connectivity index (χ0v) is 16.0. The van der Waals surface area contributed by atoms with Gasteiger partial charge in [-0.2, -0.15) is 0 Å². The van der Waals surface area contributed by atoms with Crippen LogP contribution in [0.15, 0.2) is 42.5 Å². The molecule has 6 nitrogen and oxygen atoms in total. The lowest BCUT2D eigenvalue weighted by Crippen LogP contribution is -2.30. The summed E-state index contributed by atoms with van der Waals surface area (Å²) in [4.78, 5) is 35.3. The highest BCUT2D eigenvalue weighted by Crippen LogP contribution is 2.15. The second-order valence-electron chi connectivity index (χ2n) is 6.48. The van der Waals surface area contributed by atoms with E-state index in [0.717, 1.165) is 16.7 Å². The monoisotopic (exact) mass is 368 g/mol. The van der Waals surface area contributed by atoms with Gasteiger partial charge in [0.1, 0.15) is 0 Å². The van der Waals surface area contributed by atoms with E-state index in [1.165, 1.54) is 13.8 Å². The number of carbonyl (C=O) groups is 3. The van der Waals surface area contributed by atoms with Crippen LogP contribution in [0.25, 0.3) is 0 Å². The van der Waals surface area contributed by atoms with Gasteiger partial charge in [0.2, 0.25) is 5.91 Å². The minimum atomic E-state index is -0.918. The SMILES string of the molecule is CC(=O)Nc1ccc(NC(=O)[C@@H](C)OC(=O)Cc2ccc(C)c(C)c2)cc1. The molecule has 2 aromatic rings. The van der Waals surface area contributed by atoms with Crippen molar-refractivity contribution in [1.29, 1.82) is 0 Å². The number of amides is 2. The van der Waals surface area contributed by atoms with E-state index < -0.39 is 18.0 Å². The Morgan fingerprint density at radius 2 is 1.52 bits per heavy atom. The molecule has 0 aromatic heterocycles. The van der Waals surface area contributed by atoms with Gasteiger partial charge < -0.3 is 15.4 Å². The molecule has 2 aromatic carbocycles. The molecule has 0 radical (unpaired) electrons. The highest BCUT2D eigenvalue weighted by atomic mass is 16.5. The summed E-state index contributed by atoms with van der Waals surface area (Å²) in [6, 6.07) is 12.4. The summed E-state index contributed by atoms with van der Waals surface area (Å²) in [5, 5.41) is 5.32. The lowest BCUT2D eigenvalue weighted by molar-refractivity contribution is -0.152. The molecule has 142 valence electrons. The number of hydrogen-bond donors (Lipinski definition) is 2. The third-order valence-corrected chi connectivity index (χ3v) is 4.07. The summed E-state index contributed by atoms with van der Waals surface area (Å²) in [6.07, 6.45) is -0.802. The van der Waals surface area contributed by atoms with Gasteiger partial charge in [0, 0.05) is 18.3 Å². The summed E-state index contributed by atoms with van der Waals surface area (Å²) in [5.74, 6) is -1.05. The van der Waals surface area contributed by atoms with Crippen LogP contribution in [0.1, 0.15) is 30.5 Å². The highest BCUT2D eigenvalue weighted by molar-refractivity contribution is 5.95. The van der Waals surface area contributed by atoms with Crippen molar-refractivity contribution in [3.63, 3.8) is 0 Å². The van der Waals surface area contributed by atoms with Gasteiger partial charge in [-0.15, -0.1) is 0 Å². The van der Waals surface area contributed by atoms with E-state index in [2.05, 4.69) is 10.6 Å². The number of hydrogen-bond acceptors (Lipinski definition) is 4. The largest absolute Gasteiger partial charge is 0.452 e. The number of aryl methyl sites for hydroxylation is 2.